The highest BCUT2D eigenvalue weighted by Crippen LogP contribution is 2.68. The minimum atomic E-state index is -0.202. The van der Waals surface area contributed by atoms with Gasteiger partial charge in [-0.05, 0) is 43.8 Å². The molecule has 0 bridgehead atoms. The van der Waals surface area contributed by atoms with E-state index in [1.165, 1.54) is 0 Å². The predicted octanol–water partition coefficient (Wildman–Crippen LogP) is 1.97. The van der Waals surface area contributed by atoms with E-state index in [1.54, 1.807) is 6.20 Å². The summed E-state index contributed by atoms with van der Waals surface area (Å²) in [4.78, 5) is 21.2. The lowest BCUT2D eigenvalue weighted by molar-refractivity contribution is -0.127. The van der Waals surface area contributed by atoms with Crippen LogP contribution in [0.25, 0.3) is 5.78 Å². The number of carbonyl (C=O) groups excluding carboxylic acids is 1. The summed E-state index contributed by atoms with van der Waals surface area (Å²) < 4.78 is 1.87. The Labute approximate surface area is 153 Å². The van der Waals surface area contributed by atoms with Gasteiger partial charge in [-0.2, -0.15) is 0 Å². The minimum Gasteiger partial charge on any atom is -0.350 e. The van der Waals surface area contributed by atoms with Crippen LogP contribution in [-0.2, 0) is 11.3 Å². The number of hydrogen-bond donors (Lipinski definition) is 2. The van der Waals surface area contributed by atoms with E-state index in [1.807, 2.05) is 22.9 Å². The molecule has 1 atom stereocenters. The van der Waals surface area contributed by atoms with Gasteiger partial charge in [0.15, 0.2) is 0 Å². The maximum atomic E-state index is 12.6. The summed E-state index contributed by atoms with van der Waals surface area (Å²) in [5.41, 5.74) is 0.866. The van der Waals surface area contributed by atoms with E-state index in [0.717, 1.165) is 38.0 Å². The largest absolute Gasteiger partial charge is 0.350 e. The zero-order valence-corrected chi connectivity index (χ0v) is 15.3. The van der Waals surface area contributed by atoms with Crippen LogP contribution in [0.4, 0.5) is 0 Å². The van der Waals surface area contributed by atoms with Gasteiger partial charge in [0.2, 0.25) is 11.7 Å². The van der Waals surface area contributed by atoms with E-state index in [0.29, 0.717) is 12.3 Å². The fourth-order valence-electron chi connectivity index (χ4n) is 3.92. The second-order valence-corrected chi connectivity index (χ2v) is 6.78. The molecule has 1 spiro atoms. The van der Waals surface area contributed by atoms with Crippen LogP contribution in [0.3, 0.4) is 0 Å². The number of hydrogen-bond acceptors (Lipinski definition) is 4. The minimum absolute atomic E-state index is 0. The van der Waals surface area contributed by atoms with Crippen LogP contribution in [0.2, 0.25) is 0 Å². The van der Waals surface area contributed by atoms with Crippen LogP contribution in [0.15, 0.2) is 24.7 Å². The maximum Gasteiger partial charge on any atom is 0.233 e. The molecule has 132 valence electrons. The van der Waals surface area contributed by atoms with Gasteiger partial charge in [0.1, 0.15) is 0 Å². The number of aromatic nitrogens is 3. The Bertz CT molecular complexity index is 695. The Balaban J connectivity index is 0.00000104. The standard InChI is InChI=1S/C16H21N5O.2ClH/c1-15(11-16(15)3-6-17-7-4-16)13(22)19-9-12-10-21-8-2-5-18-14(21)20-12;;/h2,5,8,10,17H,3-4,6-7,9,11H2,1H3,(H,19,22);2*1H. The molecule has 1 aliphatic heterocycles. The second kappa shape index (κ2) is 6.86. The first-order valence-electron chi connectivity index (χ1n) is 7.91. The van der Waals surface area contributed by atoms with Gasteiger partial charge in [-0.3, -0.25) is 9.20 Å². The van der Waals surface area contributed by atoms with Crippen LogP contribution in [0, 0.1) is 10.8 Å². The molecule has 1 aliphatic carbocycles. The van der Waals surface area contributed by atoms with Crippen LogP contribution < -0.4 is 10.6 Å². The van der Waals surface area contributed by atoms with Crippen molar-refractivity contribution in [1.82, 2.24) is 25.0 Å². The number of nitrogens with one attached hydrogen (secondary N) is 2. The van der Waals surface area contributed by atoms with E-state index in [4.69, 9.17) is 0 Å². The maximum absolute atomic E-state index is 12.6. The van der Waals surface area contributed by atoms with Crippen molar-refractivity contribution in [1.29, 1.82) is 0 Å². The number of rotatable bonds is 3. The number of imidazole rings is 1. The number of fused-ring (bicyclic) bond motifs is 1. The van der Waals surface area contributed by atoms with Crippen LogP contribution >= 0.6 is 24.8 Å². The third-order valence-corrected chi connectivity index (χ3v) is 5.51. The summed E-state index contributed by atoms with van der Waals surface area (Å²) in [5, 5.41) is 6.45. The van der Waals surface area contributed by atoms with Gasteiger partial charge < -0.3 is 10.6 Å². The first kappa shape index (κ1) is 19.0. The van der Waals surface area contributed by atoms with E-state index >= 15 is 0 Å². The van der Waals surface area contributed by atoms with E-state index in [9.17, 15) is 4.79 Å². The lowest BCUT2D eigenvalue weighted by atomic mass is 9.85. The number of piperidine rings is 1. The fourth-order valence-corrected chi connectivity index (χ4v) is 3.92. The summed E-state index contributed by atoms with van der Waals surface area (Å²) in [5.74, 6) is 0.832. The molecule has 2 aliphatic rings. The molecule has 1 saturated heterocycles. The predicted molar refractivity (Wildman–Crippen MR) is 96.6 cm³/mol. The molecule has 6 nitrogen and oxygen atoms in total. The summed E-state index contributed by atoms with van der Waals surface area (Å²) in [6.45, 7) is 4.63. The first-order valence-corrected chi connectivity index (χ1v) is 7.91. The van der Waals surface area contributed by atoms with Gasteiger partial charge in [-0.1, -0.05) is 6.92 Å². The number of amides is 1. The van der Waals surface area contributed by atoms with E-state index < -0.39 is 0 Å². The monoisotopic (exact) mass is 371 g/mol. The molecule has 0 radical (unpaired) electrons. The molecular weight excluding hydrogens is 349 g/mol. The number of nitrogens with zero attached hydrogens (tertiary/aromatic N) is 3. The van der Waals surface area contributed by atoms with Crippen molar-refractivity contribution >= 4 is 36.5 Å². The summed E-state index contributed by atoms with van der Waals surface area (Å²) in [7, 11) is 0. The average Bonchev–Trinajstić information content (AvgIpc) is 2.94. The quantitative estimate of drug-likeness (QED) is 0.864. The van der Waals surface area contributed by atoms with Gasteiger partial charge in [0, 0.05) is 18.6 Å². The smallest absolute Gasteiger partial charge is 0.233 e. The molecular formula is C16H23Cl2N5O. The van der Waals surface area contributed by atoms with E-state index in [-0.39, 0.29) is 41.6 Å². The van der Waals surface area contributed by atoms with Crippen molar-refractivity contribution in [3.8, 4) is 0 Å². The highest BCUT2D eigenvalue weighted by Gasteiger charge is 2.67. The molecule has 1 saturated carbocycles. The Hall–Kier alpha value is -1.37. The lowest BCUT2D eigenvalue weighted by Gasteiger charge is -2.27. The molecule has 4 rings (SSSR count). The molecule has 1 unspecified atom stereocenters. The first-order chi connectivity index (χ1) is 10.6. The Kier molecular flexibility index (Phi) is 5.42. The highest BCUT2D eigenvalue weighted by molar-refractivity contribution is 5.86. The third kappa shape index (κ3) is 2.98. The zero-order valence-electron chi connectivity index (χ0n) is 13.6. The SMILES string of the molecule is CC1(C(=O)NCc2cn3cccnc3n2)CC12CCNCC2.Cl.Cl. The topological polar surface area (TPSA) is 71.3 Å². The van der Waals surface area contributed by atoms with Crippen molar-refractivity contribution in [2.45, 2.75) is 32.7 Å². The second-order valence-electron chi connectivity index (χ2n) is 6.78. The summed E-state index contributed by atoms with van der Waals surface area (Å²) in [6, 6.07) is 1.86. The summed E-state index contributed by atoms with van der Waals surface area (Å²) in [6.07, 6.45) is 8.77. The molecule has 0 aromatic carbocycles. The highest BCUT2D eigenvalue weighted by atomic mass is 35.5. The summed E-state index contributed by atoms with van der Waals surface area (Å²) >= 11 is 0. The van der Waals surface area contributed by atoms with Gasteiger partial charge in [0.25, 0.3) is 0 Å². The number of carbonyl (C=O) groups is 1. The zero-order chi connectivity index (χ0) is 15.2. The Morgan fingerprint density at radius 2 is 2.12 bits per heavy atom. The van der Waals surface area contributed by atoms with Crippen LogP contribution in [0.1, 0.15) is 31.9 Å². The number of halogens is 2. The van der Waals surface area contributed by atoms with Gasteiger partial charge >= 0.3 is 0 Å². The van der Waals surface area contributed by atoms with Crippen molar-refractivity contribution in [2.24, 2.45) is 10.8 Å². The lowest BCUT2D eigenvalue weighted by Crippen LogP contribution is -2.38. The molecule has 1 amide bonds. The van der Waals surface area contributed by atoms with Crippen molar-refractivity contribution in [3.63, 3.8) is 0 Å². The van der Waals surface area contributed by atoms with Gasteiger partial charge in [0.05, 0.1) is 17.7 Å². The molecule has 2 aromatic heterocycles. The van der Waals surface area contributed by atoms with Gasteiger partial charge in [-0.15, -0.1) is 24.8 Å². The molecule has 2 fully saturated rings. The molecule has 2 aromatic rings. The molecule has 24 heavy (non-hydrogen) atoms. The Morgan fingerprint density at radius 3 is 2.83 bits per heavy atom. The average molecular weight is 372 g/mol. The Morgan fingerprint density at radius 1 is 1.38 bits per heavy atom. The van der Waals surface area contributed by atoms with Crippen molar-refractivity contribution in [2.75, 3.05) is 13.1 Å². The van der Waals surface area contributed by atoms with Crippen molar-refractivity contribution < 1.29 is 4.79 Å². The fraction of sp³-hybridized carbons (Fsp3) is 0.562. The normalized spacial score (nSPS) is 24.0. The molecule has 8 heteroatoms. The van der Waals surface area contributed by atoms with Crippen LogP contribution in [0.5, 0.6) is 0 Å². The van der Waals surface area contributed by atoms with Crippen LogP contribution in [-0.4, -0.2) is 33.4 Å². The van der Waals surface area contributed by atoms with Crippen molar-refractivity contribution in [3.05, 3.63) is 30.4 Å². The third-order valence-electron chi connectivity index (χ3n) is 5.51. The van der Waals surface area contributed by atoms with E-state index in [2.05, 4.69) is 27.5 Å². The van der Waals surface area contributed by atoms with Gasteiger partial charge in [-0.25, -0.2) is 9.97 Å². The molecule has 3 heterocycles. The molecule has 2 N–H and O–H groups in total.